The van der Waals surface area contributed by atoms with Gasteiger partial charge in [0.15, 0.2) is 5.82 Å². The van der Waals surface area contributed by atoms with E-state index in [-0.39, 0.29) is 47.4 Å². The summed E-state index contributed by atoms with van der Waals surface area (Å²) in [7, 11) is 2.00. The smallest absolute Gasteiger partial charge is 0.417 e. The number of alkyl halides is 3. The summed E-state index contributed by atoms with van der Waals surface area (Å²) < 4.78 is 92.9. The number of nitrogen functional groups attached to an aromatic ring is 1. The molecule has 0 spiro atoms. The van der Waals surface area contributed by atoms with Crippen molar-refractivity contribution in [1.29, 1.82) is 0 Å². The van der Waals surface area contributed by atoms with Crippen LogP contribution in [0.5, 0.6) is 11.9 Å². The van der Waals surface area contributed by atoms with Gasteiger partial charge in [-0.3, -0.25) is 4.90 Å². The van der Waals surface area contributed by atoms with Crippen molar-refractivity contribution < 1.29 is 36.2 Å². The second-order valence-electron chi connectivity index (χ2n) is 12.8. The van der Waals surface area contributed by atoms with Crippen LogP contribution in [-0.2, 0) is 10.9 Å². The number of fused-ring (bicyclic) bond motifs is 3. The molecule has 3 aromatic rings. The van der Waals surface area contributed by atoms with Crippen LogP contribution in [0.15, 0.2) is 6.07 Å². The third-order valence-corrected chi connectivity index (χ3v) is 10.3. The highest BCUT2D eigenvalue weighted by Gasteiger charge is 2.52. The first kappa shape index (κ1) is 31.1. The van der Waals surface area contributed by atoms with Crippen LogP contribution < -0.4 is 25.4 Å². The fourth-order valence-electron chi connectivity index (χ4n) is 7.49. The third kappa shape index (κ3) is 4.72. The van der Waals surface area contributed by atoms with Crippen LogP contribution in [0.1, 0.15) is 37.8 Å². The summed E-state index contributed by atoms with van der Waals surface area (Å²) in [6.07, 6.45) is -3.81. The molecule has 15 heteroatoms. The first-order chi connectivity index (χ1) is 21.8. The molecule has 3 N–H and O–H groups in total. The van der Waals surface area contributed by atoms with E-state index >= 15 is 4.39 Å². The molecule has 248 valence electrons. The van der Waals surface area contributed by atoms with E-state index in [1.807, 2.05) is 25.8 Å². The molecule has 0 aliphatic carbocycles. The predicted molar refractivity (Wildman–Crippen MR) is 160 cm³/mol. The van der Waals surface area contributed by atoms with Crippen molar-refractivity contribution in [1.82, 2.24) is 25.2 Å². The molecule has 5 atom stereocenters. The number of aromatic nitrogens is 3. The van der Waals surface area contributed by atoms with Gasteiger partial charge in [-0.2, -0.15) is 23.1 Å². The molecular formula is C31H36F5N7O3. The Morgan fingerprint density at radius 2 is 1.98 bits per heavy atom. The topological polar surface area (TPSA) is 111 Å². The van der Waals surface area contributed by atoms with Crippen LogP contribution >= 0.6 is 0 Å². The number of likely N-dealkylation sites (tertiary alicyclic amines) is 1. The van der Waals surface area contributed by atoms with Crippen LogP contribution in [0.2, 0.25) is 0 Å². The molecule has 10 nitrogen and oxygen atoms in total. The minimum Gasteiger partial charge on any atom is -0.472 e. The molecule has 0 unspecified atom stereocenters. The molecule has 4 aliphatic heterocycles. The van der Waals surface area contributed by atoms with Gasteiger partial charge in [-0.05, 0) is 51.9 Å². The van der Waals surface area contributed by atoms with Crippen molar-refractivity contribution in [3.8, 4) is 23.1 Å². The fraction of sp³-hybridized carbons (Fsp3) is 0.581. The number of nitrogens with one attached hydrogen (secondary N) is 1. The largest absolute Gasteiger partial charge is 0.472 e. The van der Waals surface area contributed by atoms with Gasteiger partial charge in [0.05, 0.1) is 36.0 Å². The molecule has 0 bridgehead atoms. The lowest BCUT2D eigenvalue weighted by Gasteiger charge is -2.42. The SMILES string of the molecule is CC[C@@H]1CN2c3nc(OC[C@]45COC[C@H]4CCN5C)nc4c(F)c(-c5cc(N)c(F)c(C)c5C(F)(F)F)nc(c34)O[C@@H](C)[C@@H]2CN1. The summed E-state index contributed by atoms with van der Waals surface area (Å²) in [4.78, 5) is 17.8. The van der Waals surface area contributed by atoms with Crippen LogP contribution in [0.25, 0.3) is 22.2 Å². The second kappa shape index (κ2) is 11.0. The Bertz CT molecular complexity index is 1710. The number of ether oxygens (including phenoxy) is 3. The molecule has 3 fully saturated rings. The maximum absolute atomic E-state index is 16.8. The summed E-state index contributed by atoms with van der Waals surface area (Å²) in [5, 5.41) is 3.62. The first-order valence-corrected chi connectivity index (χ1v) is 15.5. The summed E-state index contributed by atoms with van der Waals surface area (Å²) in [5.41, 5.74) is 0.897. The van der Waals surface area contributed by atoms with Crippen molar-refractivity contribution in [2.45, 2.75) is 63.5 Å². The Balaban J connectivity index is 1.44. The Morgan fingerprint density at radius 1 is 1.20 bits per heavy atom. The van der Waals surface area contributed by atoms with Gasteiger partial charge in [0.1, 0.15) is 40.9 Å². The van der Waals surface area contributed by atoms with E-state index in [9.17, 15) is 17.6 Å². The fourth-order valence-corrected chi connectivity index (χ4v) is 7.49. The third-order valence-electron chi connectivity index (χ3n) is 10.3. The number of halogens is 5. The van der Waals surface area contributed by atoms with E-state index in [2.05, 4.69) is 20.2 Å². The maximum atomic E-state index is 16.8. The number of piperazine rings is 1. The molecular weight excluding hydrogens is 613 g/mol. The molecule has 3 saturated heterocycles. The number of hydrogen-bond acceptors (Lipinski definition) is 10. The van der Waals surface area contributed by atoms with Crippen molar-refractivity contribution in [2.75, 3.05) is 57.1 Å². The monoisotopic (exact) mass is 649 g/mol. The quantitative estimate of drug-likeness (QED) is 0.307. The molecule has 2 aromatic heterocycles. The summed E-state index contributed by atoms with van der Waals surface area (Å²) in [6.45, 7) is 7.94. The van der Waals surface area contributed by atoms with Crippen molar-refractivity contribution in [3.63, 3.8) is 0 Å². The van der Waals surface area contributed by atoms with E-state index in [1.54, 1.807) is 0 Å². The molecule has 46 heavy (non-hydrogen) atoms. The van der Waals surface area contributed by atoms with E-state index < -0.39 is 57.5 Å². The summed E-state index contributed by atoms with van der Waals surface area (Å²) in [5.74, 6) is -1.96. The maximum Gasteiger partial charge on any atom is 0.417 e. The van der Waals surface area contributed by atoms with Gasteiger partial charge >= 0.3 is 12.2 Å². The number of anilines is 2. The zero-order chi connectivity index (χ0) is 32.7. The first-order valence-electron chi connectivity index (χ1n) is 15.5. The highest BCUT2D eigenvalue weighted by atomic mass is 19.4. The average Bonchev–Trinajstić information content (AvgIpc) is 3.54. The number of nitrogens with two attached hydrogens (primary N) is 1. The van der Waals surface area contributed by atoms with Crippen molar-refractivity contribution in [2.24, 2.45) is 5.92 Å². The molecule has 6 heterocycles. The van der Waals surface area contributed by atoms with Gasteiger partial charge < -0.3 is 30.2 Å². The number of nitrogens with zero attached hydrogens (tertiary/aromatic N) is 5. The van der Waals surface area contributed by atoms with Crippen LogP contribution in [0.4, 0.5) is 33.5 Å². The normalized spacial score (nSPS) is 27.8. The van der Waals surface area contributed by atoms with E-state index in [4.69, 9.17) is 24.9 Å². The van der Waals surface area contributed by atoms with Gasteiger partial charge in [0.2, 0.25) is 5.88 Å². The number of hydrogen-bond donors (Lipinski definition) is 2. The Morgan fingerprint density at radius 3 is 2.72 bits per heavy atom. The highest BCUT2D eigenvalue weighted by molar-refractivity contribution is 5.97. The summed E-state index contributed by atoms with van der Waals surface area (Å²) >= 11 is 0. The van der Waals surface area contributed by atoms with Crippen molar-refractivity contribution >= 4 is 22.4 Å². The van der Waals surface area contributed by atoms with Crippen LogP contribution in [0, 0.1) is 24.5 Å². The minimum absolute atomic E-state index is 0.0957. The molecule has 1 aromatic carbocycles. The molecule has 0 amide bonds. The average molecular weight is 650 g/mol. The second-order valence-corrected chi connectivity index (χ2v) is 12.8. The molecule has 7 rings (SSSR count). The number of pyridine rings is 1. The lowest BCUT2D eigenvalue weighted by atomic mass is 9.89. The zero-order valence-corrected chi connectivity index (χ0v) is 26.0. The molecule has 4 aliphatic rings. The van der Waals surface area contributed by atoms with E-state index in [0.717, 1.165) is 32.4 Å². The van der Waals surface area contributed by atoms with Gasteiger partial charge in [-0.1, -0.05) is 6.92 Å². The van der Waals surface area contributed by atoms with E-state index in [1.165, 1.54) is 0 Å². The number of benzene rings is 1. The van der Waals surface area contributed by atoms with Gasteiger partial charge in [-0.15, -0.1) is 0 Å². The minimum atomic E-state index is -5.04. The molecule has 0 radical (unpaired) electrons. The number of likely N-dealkylation sites (N-methyl/N-ethyl adjacent to an activating group) is 1. The van der Waals surface area contributed by atoms with Gasteiger partial charge in [-0.25, -0.2) is 13.8 Å². The highest BCUT2D eigenvalue weighted by Crippen LogP contribution is 2.47. The lowest BCUT2D eigenvalue weighted by molar-refractivity contribution is -0.137. The van der Waals surface area contributed by atoms with E-state index in [0.29, 0.717) is 32.1 Å². The Hall–Kier alpha value is -3.56. The predicted octanol–water partition coefficient (Wildman–Crippen LogP) is 4.32. The van der Waals surface area contributed by atoms with Gasteiger partial charge in [0, 0.05) is 30.6 Å². The summed E-state index contributed by atoms with van der Waals surface area (Å²) in [6, 6.07) is 0.452. The van der Waals surface area contributed by atoms with Gasteiger partial charge in [0.25, 0.3) is 0 Å². The zero-order valence-electron chi connectivity index (χ0n) is 26.0. The molecule has 0 saturated carbocycles. The standard InChI is InChI=1S/C31H36F5N7O3/c1-5-17-10-43-20(9-38-17)15(3)46-28-21-26(24(33)25(39-28)18-8-19(37)23(32)14(2)22(18)31(34,35)36)40-29(41-27(21)43)45-13-30-12-44-11-16(30)6-7-42(30)4/h8,15-17,20,38H,5-7,9-13,37H2,1-4H3/t15-,16+,17+,20-,30+/m0/s1. The van der Waals surface area contributed by atoms with Crippen molar-refractivity contribution in [3.05, 3.63) is 28.8 Å². The Labute approximate surface area is 262 Å². The lowest BCUT2D eigenvalue weighted by Crippen LogP contribution is -2.60. The number of rotatable bonds is 5. The van der Waals surface area contributed by atoms with Crippen LogP contribution in [0.3, 0.4) is 0 Å². The van der Waals surface area contributed by atoms with Crippen LogP contribution in [-0.4, -0.2) is 90.1 Å². The Kier molecular flexibility index (Phi) is 7.44.